The summed E-state index contributed by atoms with van der Waals surface area (Å²) in [6.45, 7) is 3.16. The first-order valence-electron chi connectivity index (χ1n) is 3.66. The molecule has 0 bridgehead atoms. The van der Waals surface area contributed by atoms with Gasteiger partial charge in [-0.3, -0.25) is 0 Å². The van der Waals surface area contributed by atoms with E-state index < -0.39 is 0 Å². The van der Waals surface area contributed by atoms with Crippen LogP contribution in [0.25, 0.3) is 0 Å². The highest BCUT2D eigenvalue weighted by molar-refractivity contribution is 4.54. The molecule has 0 rings (SSSR count). The number of rotatable bonds is 5. The number of hydrogen-bond donors (Lipinski definition) is 2. The van der Waals surface area contributed by atoms with Crippen molar-refractivity contribution in [1.82, 2.24) is 0 Å². The average molecular weight is 131 g/mol. The number of aliphatic hydroxyl groups is 1. The number of hydrogen-bond acceptors (Lipinski definition) is 2. The molecule has 0 saturated carbocycles. The van der Waals surface area contributed by atoms with Crippen LogP contribution >= 0.6 is 0 Å². The van der Waals surface area contributed by atoms with Gasteiger partial charge in [-0.05, 0) is 25.3 Å². The standard InChI is InChI=1S/C7H17NO/c1-2-7(6-9)4-3-5-8/h7,9H,2-6,8H2,1H3. The molecule has 0 aromatic rings. The van der Waals surface area contributed by atoms with E-state index in [1.807, 2.05) is 0 Å². The Bertz CT molecular complexity index is 52.9. The molecule has 3 N–H and O–H groups in total. The summed E-state index contributed by atoms with van der Waals surface area (Å²) in [6.07, 6.45) is 3.18. The molecule has 0 aromatic carbocycles. The van der Waals surface area contributed by atoms with Crippen LogP contribution in [0, 0.1) is 5.92 Å². The van der Waals surface area contributed by atoms with Crippen molar-refractivity contribution in [1.29, 1.82) is 0 Å². The predicted molar refractivity (Wildman–Crippen MR) is 39.2 cm³/mol. The first-order valence-corrected chi connectivity index (χ1v) is 3.66. The monoisotopic (exact) mass is 131 g/mol. The van der Waals surface area contributed by atoms with E-state index in [9.17, 15) is 0 Å². The molecule has 0 aromatic heterocycles. The molecule has 0 amide bonds. The third-order valence-electron chi connectivity index (χ3n) is 1.65. The van der Waals surface area contributed by atoms with Crippen molar-refractivity contribution in [3.05, 3.63) is 0 Å². The van der Waals surface area contributed by atoms with Gasteiger partial charge in [0.05, 0.1) is 0 Å². The van der Waals surface area contributed by atoms with Gasteiger partial charge in [0.15, 0.2) is 0 Å². The number of aliphatic hydroxyl groups excluding tert-OH is 1. The van der Waals surface area contributed by atoms with Crippen LogP contribution in [0.5, 0.6) is 0 Å². The summed E-state index contributed by atoms with van der Waals surface area (Å²) >= 11 is 0. The third-order valence-corrected chi connectivity index (χ3v) is 1.65. The topological polar surface area (TPSA) is 46.2 Å². The van der Waals surface area contributed by atoms with Crippen LogP contribution < -0.4 is 5.73 Å². The quantitative estimate of drug-likeness (QED) is 0.578. The van der Waals surface area contributed by atoms with E-state index in [0.717, 1.165) is 25.8 Å². The molecule has 2 nitrogen and oxygen atoms in total. The molecule has 9 heavy (non-hydrogen) atoms. The Hall–Kier alpha value is -0.0800. The largest absolute Gasteiger partial charge is 0.396 e. The van der Waals surface area contributed by atoms with Crippen LogP contribution in [0.15, 0.2) is 0 Å². The van der Waals surface area contributed by atoms with Crippen molar-refractivity contribution in [3.63, 3.8) is 0 Å². The fourth-order valence-corrected chi connectivity index (χ4v) is 0.831. The van der Waals surface area contributed by atoms with Crippen LogP contribution in [0.3, 0.4) is 0 Å². The minimum absolute atomic E-state index is 0.316. The maximum atomic E-state index is 8.71. The van der Waals surface area contributed by atoms with E-state index in [1.54, 1.807) is 0 Å². The van der Waals surface area contributed by atoms with E-state index in [-0.39, 0.29) is 0 Å². The van der Waals surface area contributed by atoms with E-state index in [1.165, 1.54) is 0 Å². The van der Waals surface area contributed by atoms with Crippen molar-refractivity contribution in [2.75, 3.05) is 13.2 Å². The van der Waals surface area contributed by atoms with Crippen LogP contribution in [0.2, 0.25) is 0 Å². The van der Waals surface area contributed by atoms with E-state index in [2.05, 4.69) is 6.92 Å². The van der Waals surface area contributed by atoms with E-state index in [4.69, 9.17) is 10.8 Å². The van der Waals surface area contributed by atoms with Gasteiger partial charge >= 0.3 is 0 Å². The third kappa shape index (κ3) is 4.43. The second-order valence-electron chi connectivity index (χ2n) is 2.39. The highest BCUT2D eigenvalue weighted by Crippen LogP contribution is 2.07. The summed E-state index contributed by atoms with van der Waals surface area (Å²) in [5, 5.41) is 8.71. The lowest BCUT2D eigenvalue weighted by atomic mass is 10.0. The molecule has 1 unspecified atom stereocenters. The maximum Gasteiger partial charge on any atom is 0.0459 e. The van der Waals surface area contributed by atoms with Crippen molar-refractivity contribution in [2.24, 2.45) is 11.7 Å². The highest BCUT2D eigenvalue weighted by Gasteiger charge is 2.01. The minimum atomic E-state index is 0.316. The van der Waals surface area contributed by atoms with Crippen LogP contribution in [-0.4, -0.2) is 18.3 Å². The molecule has 1 atom stereocenters. The van der Waals surface area contributed by atoms with Crippen LogP contribution in [0.1, 0.15) is 26.2 Å². The summed E-state index contributed by atoms with van der Waals surface area (Å²) in [6, 6.07) is 0. The average Bonchev–Trinajstić information content (AvgIpc) is 1.91. The Morgan fingerprint density at radius 1 is 1.56 bits per heavy atom. The van der Waals surface area contributed by atoms with Gasteiger partial charge in [-0.15, -0.1) is 0 Å². The van der Waals surface area contributed by atoms with Gasteiger partial charge in [-0.25, -0.2) is 0 Å². The summed E-state index contributed by atoms with van der Waals surface area (Å²) < 4.78 is 0. The lowest BCUT2D eigenvalue weighted by molar-refractivity contribution is 0.213. The molecule has 0 spiro atoms. The molecule has 2 heteroatoms. The lowest BCUT2D eigenvalue weighted by Crippen LogP contribution is -2.07. The molecular formula is C7H17NO. The SMILES string of the molecule is CCC(CO)CCCN. The fraction of sp³-hybridized carbons (Fsp3) is 1.00. The molecule has 0 aliphatic heterocycles. The fourth-order valence-electron chi connectivity index (χ4n) is 0.831. The van der Waals surface area contributed by atoms with Crippen LogP contribution in [-0.2, 0) is 0 Å². The zero-order valence-electron chi connectivity index (χ0n) is 6.14. The molecule has 0 radical (unpaired) electrons. The minimum Gasteiger partial charge on any atom is -0.396 e. The molecule has 0 saturated heterocycles. The van der Waals surface area contributed by atoms with Gasteiger partial charge in [0.25, 0.3) is 0 Å². The molecule has 0 heterocycles. The summed E-state index contributed by atoms with van der Waals surface area (Å²) in [5.74, 6) is 0.480. The highest BCUT2D eigenvalue weighted by atomic mass is 16.3. The van der Waals surface area contributed by atoms with Crippen molar-refractivity contribution < 1.29 is 5.11 Å². The Kier molecular flexibility index (Phi) is 5.99. The Morgan fingerprint density at radius 3 is 2.56 bits per heavy atom. The van der Waals surface area contributed by atoms with Crippen molar-refractivity contribution in [2.45, 2.75) is 26.2 Å². The molecule has 56 valence electrons. The maximum absolute atomic E-state index is 8.71. The van der Waals surface area contributed by atoms with Crippen molar-refractivity contribution >= 4 is 0 Å². The van der Waals surface area contributed by atoms with Gasteiger partial charge < -0.3 is 10.8 Å². The molecule has 0 fully saturated rings. The molecule has 0 aliphatic carbocycles. The van der Waals surface area contributed by atoms with Crippen LogP contribution in [0.4, 0.5) is 0 Å². The summed E-state index contributed by atoms with van der Waals surface area (Å²) in [4.78, 5) is 0. The van der Waals surface area contributed by atoms with Gasteiger partial charge in [-0.1, -0.05) is 13.3 Å². The Balaban J connectivity index is 3.09. The molecule has 0 aliphatic rings. The second-order valence-corrected chi connectivity index (χ2v) is 2.39. The Labute approximate surface area is 57.1 Å². The van der Waals surface area contributed by atoms with Gasteiger partial charge in [0.1, 0.15) is 0 Å². The summed E-state index contributed by atoms with van der Waals surface area (Å²) in [5.41, 5.74) is 5.30. The number of nitrogens with two attached hydrogens (primary N) is 1. The predicted octanol–water partition coefficient (Wildman–Crippen LogP) is 0.744. The lowest BCUT2D eigenvalue weighted by Gasteiger charge is -2.08. The van der Waals surface area contributed by atoms with Gasteiger partial charge in [0.2, 0.25) is 0 Å². The van der Waals surface area contributed by atoms with E-state index >= 15 is 0 Å². The molecular weight excluding hydrogens is 114 g/mol. The second kappa shape index (κ2) is 6.05. The van der Waals surface area contributed by atoms with Crippen molar-refractivity contribution in [3.8, 4) is 0 Å². The first-order chi connectivity index (χ1) is 4.35. The van der Waals surface area contributed by atoms with E-state index in [0.29, 0.717) is 12.5 Å². The zero-order chi connectivity index (χ0) is 7.11. The summed E-state index contributed by atoms with van der Waals surface area (Å²) in [7, 11) is 0. The Morgan fingerprint density at radius 2 is 2.22 bits per heavy atom. The zero-order valence-corrected chi connectivity index (χ0v) is 6.14. The van der Waals surface area contributed by atoms with Gasteiger partial charge in [0, 0.05) is 6.61 Å². The first kappa shape index (κ1) is 8.92. The normalized spacial score (nSPS) is 13.7. The van der Waals surface area contributed by atoms with Gasteiger partial charge in [-0.2, -0.15) is 0 Å². The smallest absolute Gasteiger partial charge is 0.0459 e.